The minimum Gasteiger partial charge on any atom is -0.343 e. The summed E-state index contributed by atoms with van der Waals surface area (Å²) in [6.45, 7) is 1.54. The van der Waals surface area contributed by atoms with Gasteiger partial charge in [-0.05, 0) is 37.0 Å². The molecule has 0 radical (unpaired) electrons. The second-order valence-electron chi connectivity index (χ2n) is 5.74. The number of likely N-dealkylation sites (tertiary alicyclic amines) is 1. The molecular weight excluding hydrogens is 335 g/mol. The van der Waals surface area contributed by atoms with Crippen LogP contribution in [0.15, 0.2) is 30.6 Å². The average molecular weight is 353 g/mol. The highest BCUT2D eigenvalue weighted by Crippen LogP contribution is 2.24. The summed E-state index contributed by atoms with van der Waals surface area (Å²) in [4.78, 5) is 14.3. The SMILES string of the molecule is O=C(CCc1ccc(Cl)c(Cl)c1)N1CCC(n2ccnn2)CC1. The van der Waals surface area contributed by atoms with Gasteiger partial charge >= 0.3 is 0 Å². The van der Waals surface area contributed by atoms with Crippen LogP contribution >= 0.6 is 23.2 Å². The minimum absolute atomic E-state index is 0.188. The molecule has 1 aromatic carbocycles. The lowest BCUT2D eigenvalue weighted by Gasteiger charge is -2.32. The summed E-state index contributed by atoms with van der Waals surface area (Å²) < 4.78 is 1.89. The van der Waals surface area contributed by atoms with Gasteiger partial charge in [0.25, 0.3) is 0 Å². The van der Waals surface area contributed by atoms with E-state index in [9.17, 15) is 4.79 Å². The monoisotopic (exact) mass is 352 g/mol. The van der Waals surface area contributed by atoms with Crippen molar-refractivity contribution < 1.29 is 4.79 Å². The Kier molecular flexibility index (Phi) is 5.18. The number of aromatic nitrogens is 3. The summed E-state index contributed by atoms with van der Waals surface area (Å²) >= 11 is 11.9. The molecule has 3 rings (SSSR count). The van der Waals surface area contributed by atoms with Gasteiger partial charge in [-0.1, -0.05) is 34.5 Å². The number of carbonyl (C=O) groups excluding carboxylic acids is 1. The van der Waals surface area contributed by atoms with Crippen LogP contribution in [0.1, 0.15) is 30.9 Å². The predicted octanol–water partition coefficient (Wildman–Crippen LogP) is 3.38. The van der Waals surface area contributed by atoms with E-state index in [4.69, 9.17) is 23.2 Å². The lowest BCUT2D eigenvalue weighted by molar-refractivity contribution is -0.132. The third-order valence-corrected chi connectivity index (χ3v) is 4.98. The molecule has 1 aromatic heterocycles. The molecule has 1 saturated heterocycles. The van der Waals surface area contributed by atoms with Crippen LogP contribution in [0.2, 0.25) is 10.0 Å². The Morgan fingerprint density at radius 3 is 2.65 bits per heavy atom. The van der Waals surface area contributed by atoms with E-state index in [0.717, 1.165) is 31.5 Å². The fourth-order valence-electron chi connectivity index (χ4n) is 2.90. The third kappa shape index (κ3) is 4.03. The van der Waals surface area contributed by atoms with E-state index in [0.29, 0.717) is 28.9 Å². The van der Waals surface area contributed by atoms with Gasteiger partial charge in [-0.3, -0.25) is 4.79 Å². The Morgan fingerprint density at radius 1 is 1.22 bits per heavy atom. The lowest BCUT2D eigenvalue weighted by atomic mass is 10.0. The zero-order valence-corrected chi connectivity index (χ0v) is 14.2. The van der Waals surface area contributed by atoms with Gasteiger partial charge in [0.1, 0.15) is 0 Å². The van der Waals surface area contributed by atoms with Gasteiger partial charge in [0.15, 0.2) is 0 Å². The van der Waals surface area contributed by atoms with Gasteiger partial charge in [0, 0.05) is 25.7 Å². The van der Waals surface area contributed by atoms with Crippen LogP contribution in [0.4, 0.5) is 0 Å². The molecule has 0 aliphatic carbocycles. The van der Waals surface area contributed by atoms with E-state index in [2.05, 4.69) is 10.3 Å². The number of hydrogen-bond donors (Lipinski definition) is 0. The van der Waals surface area contributed by atoms with Crippen LogP contribution in [0, 0.1) is 0 Å². The topological polar surface area (TPSA) is 51.0 Å². The first-order valence-corrected chi connectivity index (χ1v) is 8.46. The van der Waals surface area contributed by atoms with Crippen molar-refractivity contribution in [3.05, 3.63) is 46.2 Å². The van der Waals surface area contributed by atoms with Crippen LogP contribution in [-0.2, 0) is 11.2 Å². The Labute approximate surface area is 145 Å². The van der Waals surface area contributed by atoms with Gasteiger partial charge in [-0.15, -0.1) is 5.10 Å². The molecule has 1 fully saturated rings. The normalized spacial score (nSPS) is 15.8. The van der Waals surface area contributed by atoms with Crippen molar-refractivity contribution in [2.24, 2.45) is 0 Å². The minimum atomic E-state index is 0.188. The molecule has 1 aliphatic rings. The van der Waals surface area contributed by atoms with Crippen LogP contribution in [0.3, 0.4) is 0 Å². The van der Waals surface area contributed by atoms with Crippen molar-refractivity contribution in [1.29, 1.82) is 0 Å². The fraction of sp³-hybridized carbons (Fsp3) is 0.438. The number of piperidine rings is 1. The van der Waals surface area contributed by atoms with Crippen LogP contribution in [-0.4, -0.2) is 38.9 Å². The molecule has 2 aromatic rings. The molecule has 23 heavy (non-hydrogen) atoms. The average Bonchev–Trinajstić information content (AvgIpc) is 3.10. The molecule has 0 saturated carbocycles. The van der Waals surface area contributed by atoms with Gasteiger partial charge in [-0.2, -0.15) is 0 Å². The molecule has 5 nitrogen and oxygen atoms in total. The molecule has 2 heterocycles. The standard InChI is InChI=1S/C16H18Cl2N4O/c17-14-3-1-12(11-15(14)18)2-4-16(23)21-8-5-13(6-9-21)22-10-7-19-20-22/h1,3,7,10-11,13H,2,4-6,8-9H2. The van der Waals surface area contributed by atoms with Gasteiger partial charge in [0.05, 0.1) is 22.3 Å². The summed E-state index contributed by atoms with van der Waals surface area (Å²) in [5.41, 5.74) is 1.03. The smallest absolute Gasteiger partial charge is 0.222 e. The van der Waals surface area contributed by atoms with Crippen LogP contribution < -0.4 is 0 Å². The third-order valence-electron chi connectivity index (χ3n) is 4.24. The molecule has 0 spiro atoms. The maximum atomic E-state index is 12.3. The van der Waals surface area contributed by atoms with E-state index < -0.39 is 0 Å². The van der Waals surface area contributed by atoms with Gasteiger partial charge in [0.2, 0.25) is 5.91 Å². The summed E-state index contributed by atoms with van der Waals surface area (Å²) in [7, 11) is 0. The Hall–Kier alpha value is -1.59. The largest absolute Gasteiger partial charge is 0.343 e. The zero-order chi connectivity index (χ0) is 16.2. The number of nitrogens with zero attached hydrogens (tertiary/aromatic N) is 4. The molecular formula is C16H18Cl2N4O. The summed E-state index contributed by atoms with van der Waals surface area (Å²) in [5.74, 6) is 0.188. The molecule has 7 heteroatoms. The lowest BCUT2D eigenvalue weighted by Crippen LogP contribution is -2.39. The van der Waals surface area contributed by atoms with Gasteiger partial charge < -0.3 is 4.90 Å². The van der Waals surface area contributed by atoms with E-state index in [1.54, 1.807) is 12.3 Å². The van der Waals surface area contributed by atoms with E-state index >= 15 is 0 Å². The number of aryl methyl sites for hydroxylation is 1. The second-order valence-corrected chi connectivity index (χ2v) is 6.56. The highest BCUT2D eigenvalue weighted by Gasteiger charge is 2.23. The summed E-state index contributed by atoms with van der Waals surface area (Å²) in [5, 5.41) is 8.95. The molecule has 1 amide bonds. The highest BCUT2D eigenvalue weighted by molar-refractivity contribution is 6.42. The van der Waals surface area contributed by atoms with Crippen LogP contribution in [0.25, 0.3) is 0 Å². The number of rotatable bonds is 4. The van der Waals surface area contributed by atoms with Crippen molar-refractivity contribution in [1.82, 2.24) is 19.9 Å². The molecule has 1 aliphatic heterocycles. The van der Waals surface area contributed by atoms with Crippen LogP contribution in [0.5, 0.6) is 0 Å². The first-order chi connectivity index (χ1) is 11.1. The Morgan fingerprint density at radius 2 is 2.00 bits per heavy atom. The first kappa shape index (κ1) is 16.3. The van der Waals surface area contributed by atoms with Crippen molar-refractivity contribution >= 4 is 29.1 Å². The van der Waals surface area contributed by atoms with E-state index in [1.807, 2.05) is 27.9 Å². The number of halogens is 2. The van der Waals surface area contributed by atoms with Crippen molar-refractivity contribution in [2.45, 2.75) is 31.7 Å². The Balaban J connectivity index is 1.48. The quantitative estimate of drug-likeness (QED) is 0.847. The zero-order valence-electron chi connectivity index (χ0n) is 12.7. The molecule has 0 bridgehead atoms. The van der Waals surface area contributed by atoms with Gasteiger partial charge in [-0.25, -0.2) is 4.68 Å². The summed E-state index contributed by atoms with van der Waals surface area (Å²) in [6, 6.07) is 5.86. The van der Waals surface area contributed by atoms with Crippen molar-refractivity contribution in [3.63, 3.8) is 0 Å². The van der Waals surface area contributed by atoms with Crippen molar-refractivity contribution in [2.75, 3.05) is 13.1 Å². The molecule has 0 atom stereocenters. The summed E-state index contributed by atoms with van der Waals surface area (Å²) in [6.07, 6.45) is 6.58. The number of hydrogen-bond acceptors (Lipinski definition) is 3. The fourth-order valence-corrected chi connectivity index (χ4v) is 3.22. The molecule has 0 N–H and O–H groups in total. The number of benzene rings is 1. The highest BCUT2D eigenvalue weighted by atomic mass is 35.5. The van der Waals surface area contributed by atoms with E-state index in [1.165, 1.54) is 0 Å². The maximum absolute atomic E-state index is 12.3. The Bertz CT molecular complexity index is 667. The van der Waals surface area contributed by atoms with E-state index in [-0.39, 0.29) is 5.91 Å². The maximum Gasteiger partial charge on any atom is 0.222 e. The number of amides is 1. The molecule has 122 valence electrons. The van der Waals surface area contributed by atoms with Crippen molar-refractivity contribution in [3.8, 4) is 0 Å². The number of carbonyl (C=O) groups is 1. The second kappa shape index (κ2) is 7.32. The first-order valence-electron chi connectivity index (χ1n) is 7.71. The molecule has 0 unspecified atom stereocenters. The predicted molar refractivity (Wildman–Crippen MR) is 89.7 cm³/mol.